The van der Waals surface area contributed by atoms with E-state index < -0.39 is 0 Å². The quantitative estimate of drug-likeness (QED) is 0.423. The summed E-state index contributed by atoms with van der Waals surface area (Å²) in [5, 5.41) is 0. The molecule has 0 saturated carbocycles. The average Bonchev–Trinajstić information content (AvgIpc) is 2.19. The molecular weight excluding hydrogens is 104 g/mol. The zero-order chi connectivity index (χ0) is 5.82. The molecule has 0 radical (unpaired) electrons. The molecule has 0 aliphatic carbocycles. The number of aromatic nitrogens is 1. The van der Waals surface area contributed by atoms with Gasteiger partial charge in [-0.3, -0.25) is 0 Å². The maximum Gasteiger partial charge on any atom is 0.240 e. The van der Waals surface area contributed by atoms with Gasteiger partial charge in [0.2, 0.25) is 6.08 Å². The highest BCUT2D eigenvalue weighted by atomic mass is 16.1. The SMILES string of the molecule is O=C=Nc1cc[nH]c1. The molecule has 1 aromatic rings. The maximum absolute atomic E-state index is 9.57. The average molecular weight is 108 g/mol. The molecule has 0 aromatic carbocycles. The van der Waals surface area contributed by atoms with Crippen LogP contribution < -0.4 is 0 Å². The molecule has 40 valence electrons. The van der Waals surface area contributed by atoms with Gasteiger partial charge in [-0.1, -0.05) is 0 Å². The summed E-state index contributed by atoms with van der Waals surface area (Å²) in [6.07, 6.45) is 4.73. The largest absolute Gasteiger partial charge is 0.366 e. The van der Waals surface area contributed by atoms with Crippen molar-refractivity contribution in [3.05, 3.63) is 18.5 Å². The van der Waals surface area contributed by atoms with Gasteiger partial charge >= 0.3 is 0 Å². The van der Waals surface area contributed by atoms with E-state index in [1.807, 2.05) is 0 Å². The fourth-order valence-electron chi connectivity index (χ4n) is 0.437. The first-order chi connectivity index (χ1) is 3.93. The van der Waals surface area contributed by atoms with Crippen LogP contribution in [0, 0.1) is 0 Å². The number of hydrogen-bond acceptors (Lipinski definition) is 2. The van der Waals surface area contributed by atoms with Crippen molar-refractivity contribution in [2.75, 3.05) is 0 Å². The van der Waals surface area contributed by atoms with Crippen LogP contribution in [0.2, 0.25) is 0 Å². The van der Waals surface area contributed by atoms with Crippen molar-refractivity contribution in [2.45, 2.75) is 0 Å². The Balaban J connectivity index is 2.93. The van der Waals surface area contributed by atoms with Crippen LogP contribution in [0.1, 0.15) is 0 Å². The van der Waals surface area contributed by atoms with Gasteiger partial charge in [0, 0.05) is 12.4 Å². The zero-order valence-electron chi connectivity index (χ0n) is 4.09. The van der Waals surface area contributed by atoms with Gasteiger partial charge in [-0.2, -0.15) is 4.99 Å². The van der Waals surface area contributed by atoms with Gasteiger partial charge in [0.1, 0.15) is 0 Å². The first-order valence-electron chi connectivity index (χ1n) is 2.14. The first kappa shape index (κ1) is 4.81. The van der Waals surface area contributed by atoms with Crippen LogP contribution in [0.15, 0.2) is 23.5 Å². The molecule has 0 bridgehead atoms. The van der Waals surface area contributed by atoms with Crippen molar-refractivity contribution in [3.8, 4) is 0 Å². The standard InChI is InChI=1S/C5H4N2O/c8-4-7-5-1-2-6-3-5/h1-3,6H. The van der Waals surface area contributed by atoms with Gasteiger partial charge < -0.3 is 4.98 Å². The number of carbonyl (C=O) groups excluding carboxylic acids is 1. The normalized spacial score (nSPS) is 8.00. The van der Waals surface area contributed by atoms with Crippen molar-refractivity contribution < 1.29 is 4.79 Å². The summed E-state index contributed by atoms with van der Waals surface area (Å²) in [7, 11) is 0. The van der Waals surface area contributed by atoms with E-state index in [-0.39, 0.29) is 0 Å². The van der Waals surface area contributed by atoms with Crippen LogP contribution in [0.3, 0.4) is 0 Å². The molecule has 0 aliphatic heterocycles. The second-order valence-corrected chi connectivity index (χ2v) is 1.27. The Morgan fingerprint density at radius 2 is 2.62 bits per heavy atom. The van der Waals surface area contributed by atoms with Crippen LogP contribution in [0.4, 0.5) is 5.69 Å². The highest BCUT2D eigenvalue weighted by Gasteiger charge is 1.81. The molecule has 1 aromatic heterocycles. The van der Waals surface area contributed by atoms with Crippen LogP contribution in [0.25, 0.3) is 0 Å². The Morgan fingerprint density at radius 1 is 1.75 bits per heavy atom. The minimum Gasteiger partial charge on any atom is -0.366 e. The Labute approximate surface area is 46.1 Å². The van der Waals surface area contributed by atoms with Crippen LogP contribution in [-0.2, 0) is 4.79 Å². The third-order valence-electron chi connectivity index (χ3n) is 0.756. The van der Waals surface area contributed by atoms with Crippen molar-refractivity contribution in [3.63, 3.8) is 0 Å². The number of H-pyrrole nitrogens is 1. The summed E-state index contributed by atoms with van der Waals surface area (Å²) < 4.78 is 0. The second kappa shape index (κ2) is 2.09. The lowest BCUT2D eigenvalue weighted by Crippen LogP contribution is -1.49. The minimum atomic E-state index is 0.611. The Morgan fingerprint density at radius 3 is 3.12 bits per heavy atom. The number of aromatic amines is 1. The van der Waals surface area contributed by atoms with E-state index in [2.05, 4.69) is 9.98 Å². The summed E-state index contributed by atoms with van der Waals surface area (Å²) >= 11 is 0. The predicted octanol–water partition coefficient (Wildman–Crippen LogP) is 0.982. The molecule has 1 heterocycles. The van der Waals surface area contributed by atoms with Gasteiger partial charge in [-0.25, -0.2) is 4.79 Å². The van der Waals surface area contributed by atoms with E-state index in [0.717, 1.165) is 0 Å². The van der Waals surface area contributed by atoms with Crippen molar-refractivity contribution in [2.24, 2.45) is 4.99 Å². The first-order valence-corrected chi connectivity index (χ1v) is 2.14. The number of nitrogens with zero attached hydrogens (tertiary/aromatic N) is 1. The summed E-state index contributed by atoms with van der Waals surface area (Å²) in [6, 6.07) is 1.69. The molecule has 0 amide bonds. The lowest BCUT2D eigenvalue weighted by atomic mass is 10.6. The number of hydrogen-bond donors (Lipinski definition) is 1. The van der Waals surface area contributed by atoms with Gasteiger partial charge in [-0.05, 0) is 6.07 Å². The number of nitrogens with one attached hydrogen (secondary N) is 1. The molecule has 1 rings (SSSR count). The number of rotatable bonds is 1. The molecule has 0 atom stereocenters. The topological polar surface area (TPSA) is 45.2 Å². The summed E-state index contributed by atoms with van der Waals surface area (Å²) in [5.41, 5.74) is 0.611. The zero-order valence-corrected chi connectivity index (χ0v) is 4.09. The van der Waals surface area contributed by atoms with E-state index in [4.69, 9.17) is 0 Å². The maximum atomic E-state index is 9.57. The molecule has 0 fully saturated rings. The van der Waals surface area contributed by atoms with E-state index >= 15 is 0 Å². The molecule has 0 aliphatic rings. The Hall–Kier alpha value is -1.34. The highest BCUT2D eigenvalue weighted by molar-refractivity contribution is 5.46. The lowest BCUT2D eigenvalue weighted by Gasteiger charge is -1.69. The number of aliphatic imine (C=N–C) groups is 1. The van der Waals surface area contributed by atoms with Crippen LogP contribution in [-0.4, -0.2) is 11.1 Å². The second-order valence-electron chi connectivity index (χ2n) is 1.27. The van der Waals surface area contributed by atoms with E-state index in [0.29, 0.717) is 5.69 Å². The monoisotopic (exact) mass is 108 g/mol. The molecule has 3 nitrogen and oxygen atoms in total. The Bertz CT molecular complexity index is 196. The van der Waals surface area contributed by atoms with E-state index in [9.17, 15) is 4.79 Å². The van der Waals surface area contributed by atoms with Crippen LogP contribution >= 0.6 is 0 Å². The van der Waals surface area contributed by atoms with Gasteiger partial charge in [0.15, 0.2) is 0 Å². The van der Waals surface area contributed by atoms with Crippen molar-refractivity contribution in [1.29, 1.82) is 0 Å². The minimum absolute atomic E-state index is 0.611. The van der Waals surface area contributed by atoms with E-state index in [1.54, 1.807) is 18.5 Å². The molecular formula is C5H4N2O. The van der Waals surface area contributed by atoms with Crippen molar-refractivity contribution in [1.82, 2.24) is 4.98 Å². The fourth-order valence-corrected chi connectivity index (χ4v) is 0.437. The molecule has 1 N–H and O–H groups in total. The summed E-state index contributed by atoms with van der Waals surface area (Å²) in [4.78, 5) is 15.6. The number of isocyanates is 1. The summed E-state index contributed by atoms with van der Waals surface area (Å²) in [6.45, 7) is 0. The third kappa shape index (κ3) is 0.832. The van der Waals surface area contributed by atoms with Gasteiger partial charge in [0.05, 0.1) is 5.69 Å². The molecule has 0 unspecified atom stereocenters. The van der Waals surface area contributed by atoms with Gasteiger partial charge in [-0.15, -0.1) is 0 Å². The fraction of sp³-hybridized carbons (Fsp3) is 0. The lowest BCUT2D eigenvalue weighted by molar-refractivity contribution is 0.565. The van der Waals surface area contributed by atoms with Gasteiger partial charge in [0.25, 0.3) is 0 Å². The molecule has 0 saturated heterocycles. The predicted molar refractivity (Wildman–Crippen MR) is 28.6 cm³/mol. The summed E-state index contributed by atoms with van der Waals surface area (Å²) in [5.74, 6) is 0. The third-order valence-corrected chi connectivity index (χ3v) is 0.756. The smallest absolute Gasteiger partial charge is 0.240 e. The molecule has 3 heteroatoms. The van der Waals surface area contributed by atoms with Crippen LogP contribution in [0.5, 0.6) is 0 Å². The Kier molecular flexibility index (Phi) is 1.26. The highest BCUT2D eigenvalue weighted by Crippen LogP contribution is 2.05. The van der Waals surface area contributed by atoms with Crippen molar-refractivity contribution >= 4 is 11.8 Å². The molecule has 8 heavy (non-hydrogen) atoms. The molecule has 0 spiro atoms. The van der Waals surface area contributed by atoms with E-state index in [1.165, 1.54) is 6.08 Å².